The number of hydrogen-bond acceptors (Lipinski definition) is 2. The number of carbonyl (C=O) groups excluding carboxylic acids is 1. The molecule has 3 nitrogen and oxygen atoms in total. The molecule has 0 N–H and O–H groups in total. The van der Waals surface area contributed by atoms with Crippen molar-refractivity contribution in [1.82, 2.24) is 0 Å². The van der Waals surface area contributed by atoms with Crippen LogP contribution in [0.3, 0.4) is 0 Å². The number of nitrogens with zero attached hydrogens (tertiary/aromatic N) is 1. The summed E-state index contributed by atoms with van der Waals surface area (Å²) in [4.78, 5) is 11.5. The number of halogens is 1. The van der Waals surface area contributed by atoms with Crippen LogP contribution in [-0.4, -0.2) is 49.1 Å². The third-order valence-electron chi connectivity index (χ3n) is 2.86. The molecule has 0 aromatic rings. The zero-order valence-corrected chi connectivity index (χ0v) is 11.0. The number of rotatable bonds is 4. The molecule has 1 aliphatic heterocycles. The maximum atomic E-state index is 11.5. The maximum absolute atomic E-state index is 11.5. The Balaban J connectivity index is 2.54. The number of hydrogen-bond donors (Lipinski definition) is 0. The second kappa shape index (κ2) is 5.66. The fourth-order valence-corrected chi connectivity index (χ4v) is 2.59. The van der Waals surface area contributed by atoms with E-state index in [2.05, 4.69) is 23.0 Å². The standard InChI is InChI=1S/C11H19BrNO2/c1-3-15-11(14)10-4-7-13(2,8-5-10)9-6-12/h4H,3,5-9H2,1-2H3/q+1. The van der Waals surface area contributed by atoms with Gasteiger partial charge in [0.2, 0.25) is 0 Å². The van der Waals surface area contributed by atoms with Crippen molar-refractivity contribution in [2.75, 3.05) is 38.6 Å². The van der Waals surface area contributed by atoms with E-state index in [-0.39, 0.29) is 5.97 Å². The van der Waals surface area contributed by atoms with E-state index in [1.807, 2.05) is 13.0 Å². The van der Waals surface area contributed by atoms with Gasteiger partial charge in [-0.2, -0.15) is 0 Å². The third kappa shape index (κ3) is 3.61. The van der Waals surface area contributed by atoms with E-state index >= 15 is 0 Å². The fourth-order valence-electron chi connectivity index (χ4n) is 1.73. The minimum absolute atomic E-state index is 0.136. The van der Waals surface area contributed by atoms with Gasteiger partial charge in [-0.05, 0) is 13.0 Å². The second-order valence-corrected chi connectivity index (χ2v) is 4.93. The number of esters is 1. The van der Waals surface area contributed by atoms with E-state index in [0.29, 0.717) is 6.61 Å². The topological polar surface area (TPSA) is 26.3 Å². The summed E-state index contributed by atoms with van der Waals surface area (Å²) in [6.45, 7) is 5.36. The minimum atomic E-state index is -0.136. The summed E-state index contributed by atoms with van der Waals surface area (Å²) in [5, 5.41) is 1.01. The van der Waals surface area contributed by atoms with Gasteiger partial charge in [-0.15, -0.1) is 0 Å². The SMILES string of the molecule is CCOC(=O)C1=CC[N+](C)(CCBr)CC1. The summed E-state index contributed by atoms with van der Waals surface area (Å²) in [7, 11) is 2.22. The highest BCUT2D eigenvalue weighted by molar-refractivity contribution is 9.09. The normalized spacial score (nSPS) is 25.9. The first kappa shape index (κ1) is 12.7. The highest BCUT2D eigenvalue weighted by Gasteiger charge is 2.27. The first-order valence-electron chi connectivity index (χ1n) is 5.37. The van der Waals surface area contributed by atoms with Gasteiger partial charge in [-0.25, -0.2) is 4.79 Å². The van der Waals surface area contributed by atoms with Crippen molar-refractivity contribution in [3.63, 3.8) is 0 Å². The van der Waals surface area contributed by atoms with E-state index < -0.39 is 0 Å². The summed E-state index contributed by atoms with van der Waals surface area (Å²) in [6.07, 6.45) is 2.87. The molecule has 1 atom stereocenters. The molecule has 0 radical (unpaired) electrons. The van der Waals surface area contributed by atoms with Crippen molar-refractivity contribution in [3.8, 4) is 0 Å². The van der Waals surface area contributed by atoms with Gasteiger partial charge in [-0.3, -0.25) is 0 Å². The molecule has 0 aromatic heterocycles. The Morgan fingerprint density at radius 2 is 2.40 bits per heavy atom. The van der Waals surface area contributed by atoms with Gasteiger partial charge in [-0.1, -0.05) is 15.9 Å². The van der Waals surface area contributed by atoms with E-state index in [9.17, 15) is 4.79 Å². The van der Waals surface area contributed by atoms with Crippen molar-refractivity contribution in [1.29, 1.82) is 0 Å². The molecule has 86 valence electrons. The second-order valence-electron chi connectivity index (χ2n) is 4.14. The summed E-state index contributed by atoms with van der Waals surface area (Å²) in [5.41, 5.74) is 0.849. The van der Waals surface area contributed by atoms with Gasteiger partial charge in [0.1, 0.15) is 0 Å². The fraction of sp³-hybridized carbons (Fsp3) is 0.727. The van der Waals surface area contributed by atoms with Crippen LogP contribution in [0.4, 0.5) is 0 Å². The minimum Gasteiger partial charge on any atom is -0.463 e. The molecular weight excluding hydrogens is 258 g/mol. The number of carbonyl (C=O) groups is 1. The predicted octanol–water partition coefficient (Wildman–Crippen LogP) is 1.72. The molecule has 0 aromatic carbocycles. The Labute approximate surface area is 99.8 Å². The van der Waals surface area contributed by atoms with Gasteiger partial charge < -0.3 is 9.22 Å². The lowest BCUT2D eigenvalue weighted by Crippen LogP contribution is -2.48. The van der Waals surface area contributed by atoms with E-state index in [1.165, 1.54) is 0 Å². The Morgan fingerprint density at radius 3 is 2.87 bits per heavy atom. The molecule has 0 fully saturated rings. The molecule has 1 unspecified atom stereocenters. The summed E-state index contributed by atoms with van der Waals surface area (Å²) in [5.74, 6) is -0.136. The lowest BCUT2D eigenvalue weighted by Gasteiger charge is -2.36. The molecule has 0 saturated heterocycles. The van der Waals surface area contributed by atoms with Crippen LogP contribution in [0.25, 0.3) is 0 Å². The number of ether oxygens (including phenoxy) is 1. The number of likely N-dealkylation sites (N-methyl/N-ethyl adjacent to an activating group) is 1. The van der Waals surface area contributed by atoms with Crippen molar-refractivity contribution >= 4 is 21.9 Å². The van der Waals surface area contributed by atoms with Gasteiger partial charge in [0.15, 0.2) is 0 Å². The number of alkyl halides is 1. The van der Waals surface area contributed by atoms with E-state index in [4.69, 9.17) is 4.74 Å². The van der Waals surface area contributed by atoms with Crippen LogP contribution in [0.15, 0.2) is 11.6 Å². The van der Waals surface area contributed by atoms with Crippen molar-refractivity contribution in [2.45, 2.75) is 13.3 Å². The lowest BCUT2D eigenvalue weighted by molar-refractivity contribution is -0.902. The van der Waals surface area contributed by atoms with Gasteiger partial charge in [0.25, 0.3) is 0 Å². The molecule has 1 rings (SSSR count). The molecule has 0 spiro atoms. The highest BCUT2D eigenvalue weighted by atomic mass is 79.9. The molecule has 15 heavy (non-hydrogen) atoms. The molecule has 4 heteroatoms. The Kier molecular flexibility index (Phi) is 4.80. The predicted molar refractivity (Wildman–Crippen MR) is 63.9 cm³/mol. The average molecular weight is 277 g/mol. The monoisotopic (exact) mass is 276 g/mol. The molecule has 0 aliphatic carbocycles. The maximum Gasteiger partial charge on any atom is 0.334 e. The van der Waals surface area contributed by atoms with Crippen LogP contribution in [-0.2, 0) is 9.53 Å². The highest BCUT2D eigenvalue weighted by Crippen LogP contribution is 2.17. The zero-order chi connectivity index (χ0) is 11.3. The van der Waals surface area contributed by atoms with E-state index in [0.717, 1.165) is 41.4 Å². The molecule has 1 heterocycles. The van der Waals surface area contributed by atoms with Crippen LogP contribution >= 0.6 is 15.9 Å². The third-order valence-corrected chi connectivity index (χ3v) is 3.22. The summed E-state index contributed by atoms with van der Waals surface area (Å²) in [6, 6.07) is 0. The number of quaternary nitrogens is 1. The zero-order valence-electron chi connectivity index (χ0n) is 9.46. The van der Waals surface area contributed by atoms with Crippen LogP contribution in [0, 0.1) is 0 Å². The van der Waals surface area contributed by atoms with Crippen LogP contribution < -0.4 is 0 Å². The van der Waals surface area contributed by atoms with Gasteiger partial charge in [0.05, 0.1) is 38.6 Å². The Hall–Kier alpha value is -0.350. The molecule has 1 aliphatic rings. The first-order valence-corrected chi connectivity index (χ1v) is 6.49. The van der Waals surface area contributed by atoms with Crippen LogP contribution in [0.1, 0.15) is 13.3 Å². The molecule has 0 amide bonds. The quantitative estimate of drug-likeness (QED) is 0.444. The van der Waals surface area contributed by atoms with Crippen molar-refractivity contribution < 1.29 is 14.0 Å². The molecule has 0 saturated carbocycles. The van der Waals surface area contributed by atoms with Crippen molar-refractivity contribution in [3.05, 3.63) is 11.6 Å². The average Bonchev–Trinajstić information content (AvgIpc) is 2.19. The van der Waals surface area contributed by atoms with Gasteiger partial charge >= 0.3 is 5.97 Å². The van der Waals surface area contributed by atoms with Crippen LogP contribution in [0.2, 0.25) is 0 Å². The smallest absolute Gasteiger partial charge is 0.334 e. The lowest BCUT2D eigenvalue weighted by atomic mass is 10.1. The van der Waals surface area contributed by atoms with Crippen LogP contribution in [0.5, 0.6) is 0 Å². The Bertz CT molecular complexity index is 265. The van der Waals surface area contributed by atoms with E-state index in [1.54, 1.807) is 0 Å². The van der Waals surface area contributed by atoms with Crippen molar-refractivity contribution in [2.24, 2.45) is 0 Å². The first-order chi connectivity index (χ1) is 7.11. The Morgan fingerprint density at radius 1 is 1.67 bits per heavy atom. The summed E-state index contributed by atoms with van der Waals surface area (Å²) >= 11 is 3.46. The molecular formula is C11H19BrNO2+. The van der Waals surface area contributed by atoms with Gasteiger partial charge in [0, 0.05) is 12.0 Å². The largest absolute Gasteiger partial charge is 0.463 e. The summed E-state index contributed by atoms with van der Waals surface area (Å²) < 4.78 is 5.99. The molecule has 0 bridgehead atoms.